The first-order valence-electron chi connectivity index (χ1n) is 9.16. The van der Waals surface area contributed by atoms with E-state index < -0.39 is 0 Å². The molecule has 2 aliphatic heterocycles. The SMILES string of the molecule is COc1ccc(-c2nc(N3CC4CNCC4C3)nc3nc[nH]c23)cc1SC.Cl. The highest BCUT2D eigenvalue weighted by molar-refractivity contribution is 7.98. The number of ether oxygens (including phenoxy) is 1. The monoisotopic (exact) mass is 418 g/mol. The highest BCUT2D eigenvalue weighted by Crippen LogP contribution is 2.35. The largest absolute Gasteiger partial charge is 0.496 e. The van der Waals surface area contributed by atoms with Crippen LogP contribution in [0.3, 0.4) is 0 Å². The topological polar surface area (TPSA) is 79.0 Å². The zero-order chi connectivity index (χ0) is 18.4. The first-order chi connectivity index (χ1) is 13.3. The second kappa shape index (κ2) is 7.77. The molecule has 2 atom stereocenters. The fourth-order valence-corrected chi connectivity index (χ4v) is 4.77. The van der Waals surface area contributed by atoms with Crippen LogP contribution < -0.4 is 15.0 Å². The summed E-state index contributed by atoms with van der Waals surface area (Å²) in [6.45, 7) is 4.19. The third kappa shape index (κ3) is 3.19. The van der Waals surface area contributed by atoms with Gasteiger partial charge in [-0.25, -0.2) is 9.97 Å². The van der Waals surface area contributed by atoms with Crippen LogP contribution in [0, 0.1) is 11.8 Å². The molecular weight excluding hydrogens is 396 g/mol. The van der Waals surface area contributed by atoms with Crippen molar-refractivity contribution in [2.75, 3.05) is 44.4 Å². The number of imidazole rings is 1. The molecular formula is C19H23ClN6OS. The van der Waals surface area contributed by atoms with E-state index in [9.17, 15) is 0 Å². The summed E-state index contributed by atoms with van der Waals surface area (Å²) in [5, 5.41) is 3.48. The molecule has 2 saturated heterocycles. The Bertz CT molecular complexity index is 984. The number of anilines is 1. The van der Waals surface area contributed by atoms with E-state index in [2.05, 4.69) is 32.5 Å². The molecule has 0 aliphatic carbocycles. The van der Waals surface area contributed by atoms with E-state index in [1.54, 1.807) is 25.2 Å². The summed E-state index contributed by atoms with van der Waals surface area (Å²) in [5.74, 6) is 3.04. The summed E-state index contributed by atoms with van der Waals surface area (Å²) in [6.07, 6.45) is 3.74. The first-order valence-corrected chi connectivity index (χ1v) is 10.4. The van der Waals surface area contributed by atoms with Gasteiger partial charge in [0.25, 0.3) is 0 Å². The Morgan fingerprint density at radius 1 is 1.18 bits per heavy atom. The molecule has 5 rings (SSSR count). The van der Waals surface area contributed by atoms with Crippen LogP contribution in [-0.4, -0.2) is 59.5 Å². The number of rotatable bonds is 4. The average molecular weight is 419 g/mol. The predicted molar refractivity (Wildman–Crippen MR) is 115 cm³/mol. The van der Waals surface area contributed by atoms with Gasteiger partial charge in [0.05, 0.1) is 13.4 Å². The molecule has 2 unspecified atom stereocenters. The second-order valence-corrected chi connectivity index (χ2v) is 7.97. The molecule has 0 spiro atoms. The van der Waals surface area contributed by atoms with E-state index in [1.807, 2.05) is 12.1 Å². The third-order valence-corrected chi connectivity index (χ3v) is 6.36. The number of hydrogen-bond acceptors (Lipinski definition) is 7. The maximum atomic E-state index is 5.46. The number of aromatic amines is 1. The number of aromatic nitrogens is 4. The van der Waals surface area contributed by atoms with E-state index in [1.165, 1.54) is 0 Å². The Kier molecular flexibility index (Phi) is 5.35. The van der Waals surface area contributed by atoms with Gasteiger partial charge in [0, 0.05) is 36.6 Å². The van der Waals surface area contributed by atoms with Crippen LogP contribution in [0.1, 0.15) is 0 Å². The lowest BCUT2D eigenvalue weighted by atomic mass is 10.0. The number of thioether (sulfide) groups is 1. The van der Waals surface area contributed by atoms with Gasteiger partial charge in [0.1, 0.15) is 17.0 Å². The van der Waals surface area contributed by atoms with Gasteiger partial charge < -0.3 is 19.9 Å². The van der Waals surface area contributed by atoms with Gasteiger partial charge in [0.15, 0.2) is 5.65 Å². The molecule has 7 nitrogen and oxygen atoms in total. The van der Waals surface area contributed by atoms with Crippen LogP contribution in [0.5, 0.6) is 5.75 Å². The second-order valence-electron chi connectivity index (χ2n) is 7.13. The summed E-state index contributed by atoms with van der Waals surface area (Å²) in [6, 6.07) is 6.17. The van der Waals surface area contributed by atoms with Crippen LogP contribution >= 0.6 is 24.2 Å². The quantitative estimate of drug-likeness (QED) is 0.630. The lowest BCUT2D eigenvalue weighted by Gasteiger charge is -2.18. The molecule has 28 heavy (non-hydrogen) atoms. The average Bonchev–Trinajstić information content (AvgIpc) is 3.41. The van der Waals surface area contributed by atoms with Gasteiger partial charge in [-0.2, -0.15) is 4.98 Å². The Labute approximate surface area is 174 Å². The van der Waals surface area contributed by atoms with Gasteiger partial charge in [-0.05, 0) is 36.3 Å². The molecule has 4 heterocycles. The van der Waals surface area contributed by atoms with Crippen LogP contribution in [-0.2, 0) is 0 Å². The maximum Gasteiger partial charge on any atom is 0.228 e. The summed E-state index contributed by atoms with van der Waals surface area (Å²) < 4.78 is 5.46. The van der Waals surface area contributed by atoms with Gasteiger partial charge in [-0.1, -0.05) is 0 Å². The van der Waals surface area contributed by atoms with Crippen molar-refractivity contribution in [1.29, 1.82) is 0 Å². The molecule has 2 aliphatic rings. The summed E-state index contributed by atoms with van der Waals surface area (Å²) in [7, 11) is 1.70. The smallest absolute Gasteiger partial charge is 0.228 e. The number of methoxy groups -OCH3 is 1. The Hall–Kier alpha value is -2.03. The van der Waals surface area contributed by atoms with Crippen LogP contribution in [0.25, 0.3) is 22.4 Å². The normalized spacial score (nSPS) is 21.0. The summed E-state index contributed by atoms with van der Waals surface area (Å²) in [5.41, 5.74) is 3.52. The van der Waals surface area contributed by atoms with Crippen molar-refractivity contribution >= 4 is 41.3 Å². The minimum absolute atomic E-state index is 0. The molecule has 2 aromatic heterocycles. The highest BCUT2D eigenvalue weighted by atomic mass is 35.5. The van der Waals surface area contributed by atoms with Crippen molar-refractivity contribution in [2.45, 2.75) is 4.90 Å². The predicted octanol–water partition coefficient (Wildman–Crippen LogP) is 2.83. The van der Waals surface area contributed by atoms with Gasteiger partial charge in [-0.3, -0.25) is 0 Å². The number of halogens is 1. The number of fused-ring (bicyclic) bond motifs is 2. The summed E-state index contributed by atoms with van der Waals surface area (Å²) in [4.78, 5) is 20.7. The maximum absolute atomic E-state index is 5.46. The van der Waals surface area contributed by atoms with Crippen molar-refractivity contribution in [3.8, 4) is 17.0 Å². The highest BCUT2D eigenvalue weighted by Gasteiger charge is 2.37. The minimum Gasteiger partial charge on any atom is -0.496 e. The minimum atomic E-state index is 0. The lowest BCUT2D eigenvalue weighted by molar-refractivity contribution is 0.405. The zero-order valence-corrected chi connectivity index (χ0v) is 17.4. The molecule has 0 bridgehead atoms. The van der Waals surface area contributed by atoms with Gasteiger partial charge in [-0.15, -0.1) is 24.2 Å². The Morgan fingerprint density at radius 2 is 1.96 bits per heavy atom. The van der Waals surface area contributed by atoms with Crippen LogP contribution in [0.15, 0.2) is 29.4 Å². The van der Waals surface area contributed by atoms with Gasteiger partial charge >= 0.3 is 0 Å². The zero-order valence-electron chi connectivity index (χ0n) is 15.8. The summed E-state index contributed by atoms with van der Waals surface area (Å²) >= 11 is 1.67. The van der Waals surface area contributed by atoms with Crippen molar-refractivity contribution < 1.29 is 4.74 Å². The molecule has 0 amide bonds. The van der Waals surface area contributed by atoms with Crippen molar-refractivity contribution in [3.63, 3.8) is 0 Å². The molecule has 3 aromatic rings. The van der Waals surface area contributed by atoms with Crippen LogP contribution in [0.2, 0.25) is 0 Å². The fraction of sp³-hybridized carbons (Fsp3) is 0.421. The van der Waals surface area contributed by atoms with Gasteiger partial charge in [0.2, 0.25) is 5.95 Å². The van der Waals surface area contributed by atoms with Crippen molar-refractivity contribution in [1.82, 2.24) is 25.3 Å². The lowest BCUT2D eigenvalue weighted by Crippen LogP contribution is -2.27. The van der Waals surface area contributed by atoms with Crippen molar-refractivity contribution in [3.05, 3.63) is 24.5 Å². The number of nitrogens with zero attached hydrogens (tertiary/aromatic N) is 4. The van der Waals surface area contributed by atoms with E-state index >= 15 is 0 Å². The molecule has 9 heteroatoms. The first kappa shape index (κ1) is 19.3. The molecule has 0 radical (unpaired) electrons. The van der Waals surface area contributed by atoms with E-state index in [4.69, 9.17) is 14.7 Å². The number of nitrogens with one attached hydrogen (secondary N) is 2. The molecule has 2 N–H and O–H groups in total. The van der Waals surface area contributed by atoms with E-state index in [-0.39, 0.29) is 12.4 Å². The van der Waals surface area contributed by atoms with Crippen LogP contribution in [0.4, 0.5) is 5.95 Å². The molecule has 148 valence electrons. The standard InChI is InChI=1S/C19H22N6OS.ClH/c1-26-14-4-3-11(5-15(14)27-2)16-17-18(22-10-21-17)24-19(23-16)25-8-12-6-20-7-13(12)9-25;/h3-5,10,12-13,20H,6-9H2,1-2H3,(H,21,22,23,24);1H. The number of hydrogen-bond donors (Lipinski definition) is 2. The third-order valence-electron chi connectivity index (χ3n) is 5.60. The number of H-pyrrole nitrogens is 1. The molecule has 0 saturated carbocycles. The molecule has 2 fully saturated rings. The Balaban J connectivity index is 0.00000192. The fourth-order valence-electron chi connectivity index (χ4n) is 4.17. The van der Waals surface area contributed by atoms with E-state index in [0.717, 1.165) is 59.5 Å². The Morgan fingerprint density at radius 3 is 2.68 bits per heavy atom. The van der Waals surface area contributed by atoms with Crippen molar-refractivity contribution in [2.24, 2.45) is 11.8 Å². The number of benzene rings is 1. The molecule has 1 aromatic carbocycles. The van der Waals surface area contributed by atoms with E-state index in [0.29, 0.717) is 17.5 Å².